The zero-order valence-electron chi connectivity index (χ0n) is 16.5. The van der Waals surface area contributed by atoms with E-state index in [-0.39, 0.29) is 5.91 Å². The van der Waals surface area contributed by atoms with Crippen LogP contribution < -0.4 is 10.1 Å². The average Bonchev–Trinajstić information content (AvgIpc) is 3.06. The largest absolute Gasteiger partial charge is 0.495 e. The number of aryl methyl sites for hydroxylation is 2. The molecule has 0 saturated heterocycles. The molecule has 0 aliphatic rings. The van der Waals surface area contributed by atoms with Crippen LogP contribution in [0.5, 0.6) is 5.75 Å². The van der Waals surface area contributed by atoms with E-state index in [1.165, 1.54) is 11.8 Å². The highest BCUT2D eigenvalue weighted by molar-refractivity contribution is 8.00. The summed E-state index contributed by atoms with van der Waals surface area (Å²) in [6, 6.07) is 15.4. The number of rotatable bonds is 7. The molecule has 146 valence electrons. The molecule has 0 aliphatic carbocycles. The lowest BCUT2D eigenvalue weighted by molar-refractivity contribution is -0.115. The second kappa shape index (κ2) is 8.93. The Morgan fingerprint density at radius 2 is 1.93 bits per heavy atom. The fraction of sp³-hybridized carbons (Fsp3) is 0.286. The lowest BCUT2D eigenvalue weighted by Gasteiger charge is -2.18. The number of amides is 1. The molecule has 3 rings (SSSR count). The molecule has 0 aliphatic heterocycles. The van der Waals surface area contributed by atoms with Crippen LogP contribution in [0, 0.1) is 13.8 Å². The van der Waals surface area contributed by atoms with Gasteiger partial charge in [0.15, 0.2) is 5.16 Å². The summed E-state index contributed by atoms with van der Waals surface area (Å²) >= 11 is 1.40. The predicted octanol–water partition coefficient (Wildman–Crippen LogP) is 4.40. The Labute approximate surface area is 169 Å². The third-order valence-corrected chi connectivity index (χ3v) is 5.63. The number of methoxy groups -OCH3 is 1. The Balaban J connectivity index is 1.93. The Morgan fingerprint density at radius 1 is 1.18 bits per heavy atom. The van der Waals surface area contributed by atoms with Crippen molar-refractivity contribution >= 4 is 23.4 Å². The first kappa shape index (κ1) is 19.9. The molecule has 1 amide bonds. The zero-order chi connectivity index (χ0) is 20.1. The minimum atomic E-state index is -0.472. The first-order chi connectivity index (χ1) is 13.5. The van der Waals surface area contributed by atoms with Crippen LogP contribution in [0.25, 0.3) is 0 Å². The van der Waals surface area contributed by atoms with Crippen LogP contribution in [0.2, 0.25) is 0 Å². The lowest BCUT2D eigenvalue weighted by Crippen LogP contribution is -2.20. The molecular formula is C21H24N4O2S. The summed E-state index contributed by atoms with van der Waals surface area (Å²) in [5, 5.41) is 11.7. The van der Waals surface area contributed by atoms with Gasteiger partial charge < -0.3 is 14.6 Å². The predicted molar refractivity (Wildman–Crippen MR) is 112 cm³/mol. The number of anilines is 1. The zero-order valence-corrected chi connectivity index (χ0v) is 17.3. The van der Waals surface area contributed by atoms with Gasteiger partial charge in [-0.25, -0.2) is 0 Å². The van der Waals surface area contributed by atoms with Gasteiger partial charge in [0, 0.05) is 6.54 Å². The van der Waals surface area contributed by atoms with E-state index in [0.29, 0.717) is 11.4 Å². The molecular weight excluding hydrogens is 372 g/mol. The van der Waals surface area contributed by atoms with Gasteiger partial charge in [0.1, 0.15) is 16.8 Å². The standard InChI is InChI=1S/C21H24N4O2S/c1-5-25-15(3)23-24-21(25)28-19(16-9-7-6-8-10-16)20(26)22-17-13-14(2)11-12-18(17)27-4/h6-13,19H,5H2,1-4H3,(H,22,26). The fourth-order valence-electron chi connectivity index (χ4n) is 2.94. The second-order valence-corrected chi connectivity index (χ2v) is 7.45. The Hall–Kier alpha value is -2.80. The van der Waals surface area contributed by atoms with Crippen LogP contribution in [-0.2, 0) is 11.3 Å². The molecule has 1 unspecified atom stereocenters. The minimum absolute atomic E-state index is 0.136. The number of carbonyl (C=O) groups is 1. The molecule has 1 heterocycles. The van der Waals surface area contributed by atoms with Crippen molar-refractivity contribution in [3.05, 3.63) is 65.5 Å². The van der Waals surface area contributed by atoms with Gasteiger partial charge in [0.05, 0.1) is 12.8 Å². The normalized spacial score (nSPS) is 11.9. The van der Waals surface area contributed by atoms with Gasteiger partial charge in [-0.15, -0.1) is 10.2 Å². The Kier molecular flexibility index (Phi) is 6.36. The monoisotopic (exact) mass is 396 g/mol. The van der Waals surface area contributed by atoms with Crippen molar-refractivity contribution in [3.8, 4) is 5.75 Å². The first-order valence-corrected chi connectivity index (χ1v) is 9.98. The van der Waals surface area contributed by atoms with Crippen molar-refractivity contribution in [2.75, 3.05) is 12.4 Å². The molecule has 0 radical (unpaired) electrons. The number of thioether (sulfide) groups is 1. The Bertz CT molecular complexity index is 956. The highest BCUT2D eigenvalue weighted by atomic mass is 32.2. The van der Waals surface area contributed by atoms with Gasteiger partial charge in [-0.2, -0.15) is 0 Å². The van der Waals surface area contributed by atoms with E-state index in [4.69, 9.17) is 4.74 Å². The van der Waals surface area contributed by atoms with Crippen molar-refractivity contribution < 1.29 is 9.53 Å². The molecule has 7 heteroatoms. The molecule has 1 atom stereocenters. The van der Waals surface area contributed by atoms with E-state index in [1.54, 1.807) is 7.11 Å². The minimum Gasteiger partial charge on any atom is -0.495 e. The van der Waals surface area contributed by atoms with Crippen LogP contribution in [0.4, 0.5) is 5.69 Å². The number of nitrogens with zero attached hydrogens (tertiary/aromatic N) is 3. The maximum atomic E-state index is 13.3. The fourth-order valence-corrected chi connectivity index (χ4v) is 4.08. The van der Waals surface area contributed by atoms with E-state index >= 15 is 0 Å². The molecule has 1 N–H and O–H groups in total. The molecule has 0 fully saturated rings. The smallest absolute Gasteiger partial charge is 0.242 e. The number of benzene rings is 2. The third-order valence-electron chi connectivity index (χ3n) is 4.39. The van der Waals surface area contributed by atoms with E-state index in [0.717, 1.165) is 28.7 Å². The third kappa shape index (κ3) is 4.36. The van der Waals surface area contributed by atoms with Crippen molar-refractivity contribution in [1.82, 2.24) is 14.8 Å². The maximum absolute atomic E-state index is 13.3. The van der Waals surface area contributed by atoms with Crippen LogP contribution in [-0.4, -0.2) is 27.8 Å². The van der Waals surface area contributed by atoms with Crippen LogP contribution in [0.3, 0.4) is 0 Å². The summed E-state index contributed by atoms with van der Waals surface area (Å²) in [6.07, 6.45) is 0. The van der Waals surface area contributed by atoms with E-state index in [9.17, 15) is 4.79 Å². The first-order valence-electron chi connectivity index (χ1n) is 9.10. The van der Waals surface area contributed by atoms with Gasteiger partial charge in [0.2, 0.25) is 5.91 Å². The number of nitrogens with one attached hydrogen (secondary N) is 1. The summed E-state index contributed by atoms with van der Waals surface area (Å²) in [5.74, 6) is 1.32. The van der Waals surface area contributed by atoms with Crippen LogP contribution >= 0.6 is 11.8 Å². The SMILES string of the molecule is CCn1c(C)nnc1SC(C(=O)Nc1cc(C)ccc1OC)c1ccccc1. The van der Waals surface area contributed by atoms with Gasteiger partial charge in [0.25, 0.3) is 0 Å². The van der Waals surface area contributed by atoms with Gasteiger partial charge in [-0.3, -0.25) is 4.79 Å². The van der Waals surface area contributed by atoms with Crippen LogP contribution in [0.15, 0.2) is 53.7 Å². The van der Waals surface area contributed by atoms with Crippen molar-refractivity contribution in [2.24, 2.45) is 0 Å². The molecule has 3 aromatic rings. The van der Waals surface area contributed by atoms with Crippen LogP contribution in [0.1, 0.15) is 29.1 Å². The topological polar surface area (TPSA) is 69.0 Å². The van der Waals surface area contributed by atoms with Crippen molar-refractivity contribution in [1.29, 1.82) is 0 Å². The van der Waals surface area contributed by atoms with Gasteiger partial charge >= 0.3 is 0 Å². The summed E-state index contributed by atoms with van der Waals surface area (Å²) in [6.45, 7) is 6.67. The number of ether oxygens (including phenoxy) is 1. The van der Waals surface area contributed by atoms with E-state index in [1.807, 2.05) is 73.9 Å². The molecule has 0 bridgehead atoms. The summed E-state index contributed by atoms with van der Waals surface area (Å²) in [5.41, 5.74) is 2.60. The quantitative estimate of drug-likeness (QED) is 0.600. The lowest BCUT2D eigenvalue weighted by atomic mass is 10.1. The average molecular weight is 397 g/mol. The maximum Gasteiger partial charge on any atom is 0.242 e. The van der Waals surface area contributed by atoms with Crippen molar-refractivity contribution in [3.63, 3.8) is 0 Å². The van der Waals surface area contributed by atoms with Crippen molar-refractivity contribution in [2.45, 2.75) is 37.7 Å². The number of hydrogen-bond donors (Lipinski definition) is 1. The Morgan fingerprint density at radius 3 is 2.61 bits per heavy atom. The van der Waals surface area contributed by atoms with E-state index < -0.39 is 5.25 Å². The molecule has 0 saturated carbocycles. The molecule has 0 spiro atoms. The number of hydrogen-bond acceptors (Lipinski definition) is 5. The molecule has 6 nitrogen and oxygen atoms in total. The summed E-state index contributed by atoms with van der Waals surface area (Å²) in [4.78, 5) is 13.3. The molecule has 2 aromatic carbocycles. The second-order valence-electron chi connectivity index (χ2n) is 6.38. The molecule has 1 aromatic heterocycles. The highest BCUT2D eigenvalue weighted by Crippen LogP contribution is 2.36. The summed E-state index contributed by atoms with van der Waals surface area (Å²) in [7, 11) is 1.59. The highest BCUT2D eigenvalue weighted by Gasteiger charge is 2.26. The van der Waals surface area contributed by atoms with Gasteiger partial charge in [-0.05, 0) is 44.0 Å². The van der Waals surface area contributed by atoms with Gasteiger partial charge in [-0.1, -0.05) is 48.2 Å². The number of aromatic nitrogens is 3. The van der Waals surface area contributed by atoms with E-state index in [2.05, 4.69) is 15.5 Å². The number of carbonyl (C=O) groups excluding carboxylic acids is 1. The summed E-state index contributed by atoms with van der Waals surface area (Å²) < 4.78 is 7.40. The molecule has 28 heavy (non-hydrogen) atoms.